The highest BCUT2D eigenvalue weighted by Gasteiger charge is 2.40. The molecule has 0 bridgehead atoms. The number of aliphatic hydroxyl groups excluding tert-OH is 2. The van der Waals surface area contributed by atoms with Crippen molar-refractivity contribution in [2.24, 2.45) is 0 Å². The second-order valence-corrected chi connectivity index (χ2v) is 31.3. The lowest BCUT2D eigenvalue weighted by Gasteiger charge is -2.31. The van der Waals surface area contributed by atoms with E-state index in [1.54, 1.807) is 35.8 Å². The topological polar surface area (TPSA) is 153 Å². The number of aromatic amines is 1. The van der Waals surface area contributed by atoms with Crippen molar-refractivity contribution in [1.82, 2.24) is 68.2 Å². The molecule has 17 heteroatoms. The number of fused-ring (bicyclic) bond motifs is 20. The molecule has 0 spiro atoms. The van der Waals surface area contributed by atoms with Crippen LogP contribution in [0.15, 0.2) is 134 Å². The van der Waals surface area contributed by atoms with Crippen LogP contribution in [0.3, 0.4) is 0 Å². The molecule has 8 aliphatic heterocycles. The second-order valence-electron chi connectivity index (χ2n) is 31.3. The summed E-state index contributed by atoms with van der Waals surface area (Å²) in [5.41, 5.74) is 28.4. The fraction of sp³-hybridized carbons (Fsp3) is 0.437. The number of pyridine rings is 3. The monoisotopic (exact) mass is 1390 g/mol. The quantitative estimate of drug-likeness (QED) is 0.107. The molecule has 8 aromatic heterocycles. The van der Waals surface area contributed by atoms with E-state index in [1.807, 2.05) is 43.6 Å². The summed E-state index contributed by atoms with van der Waals surface area (Å²) in [6, 6.07) is 40.3. The number of halogens is 1. The Kier molecular flexibility index (Phi) is 19.1. The number of benzene rings is 4. The smallest absolute Gasteiger partial charge is 0.140 e. The number of aryl methyl sites for hydroxylation is 10. The molecule has 4 saturated heterocycles. The van der Waals surface area contributed by atoms with Crippen molar-refractivity contribution in [3.63, 3.8) is 0 Å². The van der Waals surface area contributed by atoms with Crippen LogP contribution in [0.4, 0.5) is 4.39 Å². The van der Waals surface area contributed by atoms with Gasteiger partial charge in [0, 0.05) is 186 Å². The van der Waals surface area contributed by atoms with Crippen LogP contribution in [0, 0.1) is 47.4 Å². The number of nitrogens with zero attached hydrogens (tertiary/aromatic N) is 13. The third-order valence-corrected chi connectivity index (χ3v) is 24.6. The van der Waals surface area contributed by atoms with Gasteiger partial charge in [-0.2, -0.15) is 15.4 Å². The first-order chi connectivity index (χ1) is 50.7. The van der Waals surface area contributed by atoms with Crippen LogP contribution in [0.1, 0.15) is 189 Å². The van der Waals surface area contributed by atoms with Gasteiger partial charge in [0.2, 0.25) is 0 Å². The van der Waals surface area contributed by atoms with Gasteiger partial charge < -0.3 is 28.5 Å². The molecule has 6 atom stereocenters. The standard InChI is InChI=1S/C23H27N3O.C23H27N3.C22H24FN3.C19H23N5O/c1-15-5-8-19-18(12-15)23-20-4-3-10-25(20)11-9-21(23)26(19)14-22(27)17-7-6-16(2)24-13-17;1-16-5-8-20-19(14-16)23-21-4-3-11-25(21)12-10-22(23)26(20)13-9-18-7-6-17(2)24-15-18;1-15-13-18-21-19-3-2-10-25(19)11-9-20(21)26(22(18)24-14-15)12-8-16-4-6-17(23)7-5-16;1-12-4-5-15-13(9-12)19-16-3-2-7-23(16)8-6-17(19)24(15)11-18(25)14-10-20-22-21-14/h5-8,12-13,20,22,27H,3-4,9-11,14H2,1-2H3;5-8,14-15,21H,3-4,9-13H2,1-2H3;4-7,13-14,19H,2-3,8-12H2,1H3;4-5,9-10,16,18,25H,2-3,6-8,11H2,1H3,(H,20,21,22). The summed E-state index contributed by atoms with van der Waals surface area (Å²) in [6.07, 6.45) is 22.9. The van der Waals surface area contributed by atoms with Crippen molar-refractivity contribution in [2.45, 2.75) is 194 Å². The van der Waals surface area contributed by atoms with Crippen molar-refractivity contribution < 1.29 is 14.6 Å². The van der Waals surface area contributed by atoms with E-state index >= 15 is 0 Å². The van der Waals surface area contributed by atoms with Gasteiger partial charge in [0.15, 0.2) is 0 Å². The Hall–Kier alpha value is -8.68. The van der Waals surface area contributed by atoms with Crippen LogP contribution in [-0.4, -0.2) is 131 Å². The molecule has 16 heterocycles. The van der Waals surface area contributed by atoms with E-state index < -0.39 is 12.2 Å². The number of nitrogens with one attached hydrogen (secondary N) is 1. The molecule has 104 heavy (non-hydrogen) atoms. The van der Waals surface area contributed by atoms with Gasteiger partial charge in [0.1, 0.15) is 23.3 Å². The molecule has 3 N–H and O–H groups in total. The Bertz CT molecular complexity index is 4930. The maximum Gasteiger partial charge on any atom is 0.140 e. The zero-order valence-corrected chi connectivity index (χ0v) is 61.6. The SMILES string of the molecule is Cc1ccc2c(c1)c1c(n2CC(O)c2ccc(C)nc2)CCN2CCCC12.Cc1ccc2c(c1)c1c(n2CC(O)c2cn[nH]n2)CCN2CCCC12.Cc1ccc2c(c1)c1c(n2CCc2ccc(C)nc2)CCN2CCCC12.Cc1cnc2c(c1)c1c(n2CCc2ccc(F)cc2)CCN2CCCC12. The van der Waals surface area contributed by atoms with Gasteiger partial charge in [-0.1, -0.05) is 59.2 Å². The fourth-order valence-corrected chi connectivity index (χ4v) is 19.6. The summed E-state index contributed by atoms with van der Waals surface area (Å²) in [4.78, 5) is 24.3. The maximum absolute atomic E-state index is 13.2. The molecule has 0 aliphatic carbocycles. The zero-order valence-electron chi connectivity index (χ0n) is 61.6. The van der Waals surface area contributed by atoms with E-state index in [9.17, 15) is 14.6 Å². The van der Waals surface area contributed by atoms with E-state index in [2.05, 4.69) is 171 Å². The Balaban J connectivity index is 0.000000103. The lowest BCUT2D eigenvalue weighted by atomic mass is 9.95. The average Bonchev–Trinajstić information content (AvgIpc) is 1.61. The first-order valence-corrected chi connectivity index (χ1v) is 38.8. The Labute approximate surface area is 610 Å². The van der Waals surface area contributed by atoms with E-state index in [0.717, 1.165) is 87.4 Å². The van der Waals surface area contributed by atoms with Gasteiger partial charge in [-0.15, -0.1) is 0 Å². The number of aliphatic hydroxyl groups is 2. The molecule has 20 rings (SSSR count). The third kappa shape index (κ3) is 13.1. The van der Waals surface area contributed by atoms with E-state index in [0.29, 0.717) is 43.0 Å². The van der Waals surface area contributed by atoms with Gasteiger partial charge in [-0.3, -0.25) is 29.6 Å². The highest BCUT2D eigenvalue weighted by molar-refractivity contribution is 5.89. The third-order valence-electron chi connectivity index (χ3n) is 24.6. The number of hydrogen-bond acceptors (Lipinski definition) is 11. The largest absolute Gasteiger partial charge is 0.386 e. The van der Waals surface area contributed by atoms with Gasteiger partial charge in [-0.05, 0) is 238 Å². The number of rotatable bonds is 12. The summed E-state index contributed by atoms with van der Waals surface area (Å²) < 4.78 is 22.9. The molecule has 6 unspecified atom stereocenters. The van der Waals surface area contributed by atoms with Crippen LogP contribution in [0.25, 0.3) is 43.7 Å². The zero-order chi connectivity index (χ0) is 70.9. The predicted molar refractivity (Wildman–Crippen MR) is 412 cm³/mol. The number of hydrogen-bond donors (Lipinski definition) is 3. The maximum atomic E-state index is 13.2. The molecule has 0 radical (unpaired) electrons. The van der Waals surface area contributed by atoms with Crippen LogP contribution < -0.4 is 0 Å². The van der Waals surface area contributed by atoms with Crippen molar-refractivity contribution >= 4 is 43.7 Å². The molecule has 16 nitrogen and oxygen atoms in total. The molecule has 12 aromatic rings. The van der Waals surface area contributed by atoms with Crippen LogP contribution >= 0.6 is 0 Å². The van der Waals surface area contributed by atoms with E-state index in [4.69, 9.17) is 4.98 Å². The predicted octanol–water partition coefficient (Wildman–Crippen LogP) is 15.6. The highest BCUT2D eigenvalue weighted by Crippen LogP contribution is 2.48. The minimum Gasteiger partial charge on any atom is -0.386 e. The summed E-state index contributed by atoms with van der Waals surface area (Å²) in [6.45, 7) is 25.3. The molecule has 0 amide bonds. The van der Waals surface area contributed by atoms with Gasteiger partial charge >= 0.3 is 0 Å². The van der Waals surface area contributed by atoms with Crippen molar-refractivity contribution in [1.29, 1.82) is 0 Å². The van der Waals surface area contributed by atoms with Crippen LogP contribution in [-0.2, 0) is 64.7 Å². The molecule has 0 saturated carbocycles. The van der Waals surface area contributed by atoms with Crippen molar-refractivity contribution in [2.75, 3.05) is 52.4 Å². The van der Waals surface area contributed by atoms with Crippen molar-refractivity contribution in [3.8, 4) is 0 Å². The van der Waals surface area contributed by atoms with E-state index in [1.165, 1.54) is 196 Å². The minimum absolute atomic E-state index is 0.170. The summed E-state index contributed by atoms with van der Waals surface area (Å²) in [5.74, 6) is -0.170. The number of aromatic nitrogens is 10. The van der Waals surface area contributed by atoms with Gasteiger partial charge in [-0.25, -0.2) is 9.37 Å². The van der Waals surface area contributed by atoms with Crippen LogP contribution in [0.2, 0.25) is 0 Å². The Morgan fingerprint density at radius 3 is 1.34 bits per heavy atom. The molecule has 8 aliphatic rings. The van der Waals surface area contributed by atoms with Gasteiger partial charge in [0.05, 0.1) is 25.4 Å². The summed E-state index contributed by atoms with van der Waals surface area (Å²) in [7, 11) is 0. The Morgan fingerprint density at radius 1 is 0.423 bits per heavy atom. The number of H-pyrrole nitrogens is 1. The lowest BCUT2D eigenvalue weighted by Crippen LogP contribution is -2.31. The van der Waals surface area contributed by atoms with E-state index in [-0.39, 0.29) is 5.82 Å². The second kappa shape index (κ2) is 29.0. The first kappa shape index (κ1) is 68.4. The van der Waals surface area contributed by atoms with Crippen molar-refractivity contribution in [3.05, 3.63) is 241 Å². The fourth-order valence-electron chi connectivity index (χ4n) is 19.6. The Morgan fingerprint density at radius 2 is 0.856 bits per heavy atom. The molecule has 4 fully saturated rings. The molecule has 4 aromatic carbocycles. The molecule has 538 valence electrons. The van der Waals surface area contributed by atoms with Gasteiger partial charge in [0.25, 0.3) is 0 Å². The average molecular weight is 1390 g/mol. The molecular weight excluding hydrogens is 1290 g/mol. The summed E-state index contributed by atoms with van der Waals surface area (Å²) >= 11 is 0. The lowest BCUT2D eigenvalue weighted by molar-refractivity contribution is 0.150. The normalized spacial score (nSPS) is 20.4. The highest BCUT2D eigenvalue weighted by atomic mass is 19.1. The summed E-state index contributed by atoms with van der Waals surface area (Å²) in [5, 5.41) is 37.6. The first-order valence-electron chi connectivity index (χ1n) is 38.8. The van der Waals surface area contributed by atoms with Crippen LogP contribution in [0.5, 0.6) is 0 Å². The molecular formula is C87H101FN14O2. The minimum atomic E-state index is -0.652.